The van der Waals surface area contributed by atoms with Crippen LogP contribution in [0.25, 0.3) is 6.08 Å². The van der Waals surface area contributed by atoms with Crippen molar-refractivity contribution in [3.05, 3.63) is 65.7 Å². The van der Waals surface area contributed by atoms with Crippen molar-refractivity contribution in [1.82, 2.24) is 0 Å². The summed E-state index contributed by atoms with van der Waals surface area (Å²) in [5, 5.41) is 9.23. The number of hydrogen-bond donors (Lipinski definition) is 1. The number of benzene rings is 2. The zero-order valence-corrected chi connectivity index (χ0v) is 12.6. The highest BCUT2D eigenvalue weighted by molar-refractivity contribution is 6.07. The van der Waals surface area contributed by atoms with Gasteiger partial charge in [-0.05, 0) is 54.5 Å². The van der Waals surface area contributed by atoms with Gasteiger partial charge in [-0.3, -0.25) is 9.59 Å². The van der Waals surface area contributed by atoms with Gasteiger partial charge in [-0.15, -0.1) is 0 Å². The number of rotatable bonds is 4. The molecule has 4 heteroatoms. The Morgan fingerprint density at radius 2 is 1.74 bits per heavy atom. The molecule has 23 heavy (non-hydrogen) atoms. The molecule has 4 nitrogen and oxygen atoms in total. The molecule has 0 unspecified atom stereocenters. The fourth-order valence-corrected chi connectivity index (χ4v) is 2.58. The highest BCUT2D eigenvalue weighted by Crippen LogP contribution is 2.22. The first-order chi connectivity index (χ1) is 11.1. The second kappa shape index (κ2) is 6.48. The summed E-state index contributed by atoms with van der Waals surface area (Å²) in [4.78, 5) is 25.6. The molecule has 2 aromatic rings. The lowest BCUT2D eigenvalue weighted by Crippen LogP contribution is -2.23. The van der Waals surface area contributed by atoms with Crippen LogP contribution in [0.4, 0.5) is 5.69 Å². The Balaban J connectivity index is 1.70. The summed E-state index contributed by atoms with van der Waals surface area (Å²) in [5.41, 5.74) is 2.26. The van der Waals surface area contributed by atoms with Gasteiger partial charge in [0.2, 0.25) is 5.91 Å². The molecule has 1 amide bonds. The van der Waals surface area contributed by atoms with E-state index in [0.29, 0.717) is 12.0 Å². The van der Waals surface area contributed by atoms with Gasteiger partial charge >= 0.3 is 0 Å². The molecule has 2 aromatic carbocycles. The molecule has 0 atom stereocenters. The van der Waals surface area contributed by atoms with Crippen molar-refractivity contribution >= 4 is 23.5 Å². The minimum Gasteiger partial charge on any atom is -0.508 e. The Hall–Kier alpha value is -2.88. The third-order valence-corrected chi connectivity index (χ3v) is 3.86. The molecule has 1 heterocycles. The Kier molecular flexibility index (Phi) is 4.24. The first-order valence-corrected chi connectivity index (χ1v) is 7.55. The van der Waals surface area contributed by atoms with E-state index in [4.69, 9.17) is 0 Å². The SMILES string of the molecule is O=C(/C=C/c1ccc(O)cc1)c1ccc(N2CCCC2=O)cc1. The quantitative estimate of drug-likeness (QED) is 0.695. The minimum absolute atomic E-state index is 0.0997. The molecule has 1 fully saturated rings. The molecule has 0 aromatic heterocycles. The van der Waals surface area contributed by atoms with Gasteiger partial charge in [-0.1, -0.05) is 18.2 Å². The van der Waals surface area contributed by atoms with E-state index < -0.39 is 0 Å². The normalized spacial score (nSPS) is 14.6. The van der Waals surface area contributed by atoms with Crippen LogP contribution in [0, 0.1) is 0 Å². The summed E-state index contributed by atoms with van der Waals surface area (Å²) < 4.78 is 0. The van der Waals surface area contributed by atoms with Crippen LogP contribution in [0.3, 0.4) is 0 Å². The molecule has 1 saturated heterocycles. The van der Waals surface area contributed by atoms with Crippen molar-refractivity contribution in [2.45, 2.75) is 12.8 Å². The number of carbonyl (C=O) groups is 2. The first kappa shape index (κ1) is 15.0. The molecule has 0 spiro atoms. The Labute approximate surface area is 134 Å². The van der Waals surface area contributed by atoms with Gasteiger partial charge in [0, 0.05) is 24.2 Å². The molecular formula is C19H17NO3. The maximum Gasteiger partial charge on any atom is 0.227 e. The van der Waals surface area contributed by atoms with E-state index >= 15 is 0 Å². The third kappa shape index (κ3) is 3.48. The van der Waals surface area contributed by atoms with Gasteiger partial charge in [-0.2, -0.15) is 0 Å². The maximum atomic E-state index is 12.2. The number of ketones is 1. The van der Waals surface area contributed by atoms with E-state index in [0.717, 1.165) is 24.2 Å². The van der Waals surface area contributed by atoms with Crippen molar-refractivity contribution in [1.29, 1.82) is 0 Å². The van der Waals surface area contributed by atoms with E-state index in [1.807, 2.05) is 12.1 Å². The molecule has 3 rings (SSSR count). The zero-order chi connectivity index (χ0) is 16.2. The molecule has 0 aliphatic carbocycles. The van der Waals surface area contributed by atoms with Crippen LogP contribution < -0.4 is 4.90 Å². The molecule has 116 valence electrons. The van der Waals surface area contributed by atoms with Gasteiger partial charge in [0.25, 0.3) is 0 Å². The number of allylic oxidation sites excluding steroid dienone is 1. The Bertz CT molecular complexity index is 745. The summed E-state index contributed by atoms with van der Waals surface area (Å²) in [6.45, 7) is 0.743. The van der Waals surface area contributed by atoms with Gasteiger partial charge in [0.05, 0.1) is 0 Å². The highest BCUT2D eigenvalue weighted by atomic mass is 16.3. The van der Waals surface area contributed by atoms with Crippen LogP contribution in [0.5, 0.6) is 5.75 Å². The Morgan fingerprint density at radius 1 is 1.04 bits per heavy atom. The second-order valence-electron chi connectivity index (χ2n) is 5.48. The first-order valence-electron chi connectivity index (χ1n) is 7.55. The van der Waals surface area contributed by atoms with Gasteiger partial charge in [0.15, 0.2) is 5.78 Å². The van der Waals surface area contributed by atoms with Gasteiger partial charge in [0.1, 0.15) is 5.75 Å². The smallest absolute Gasteiger partial charge is 0.227 e. The van der Waals surface area contributed by atoms with E-state index in [9.17, 15) is 14.7 Å². The molecule has 1 aliphatic heterocycles. The van der Waals surface area contributed by atoms with E-state index in [1.54, 1.807) is 47.4 Å². The molecule has 0 radical (unpaired) electrons. The number of phenolic OH excluding ortho intramolecular Hbond substituents is 1. The number of aromatic hydroxyl groups is 1. The largest absolute Gasteiger partial charge is 0.508 e. The van der Waals surface area contributed by atoms with Crippen LogP contribution in [0.15, 0.2) is 54.6 Å². The van der Waals surface area contributed by atoms with Crippen molar-refractivity contribution in [2.24, 2.45) is 0 Å². The van der Waals surface area contributed by atoms with Crippen LogP contribution in [0.2, 0.25) is 0 Å². The number of carbonyl (C=O) groups excluding carboxylic acids is 2. The monoisotopic (exact) mass is 307 g/mol. The van der Waals surface area contributed by atoms with Crippen molar-refractivity contribution in [2.75, 3.05) is 11.4 Å². The highest BCUT2D eigenvalue weighted by Gasteiger charge is 2.21. The number of anilines is 1. The maximum absolute atomic E-state index is 12.2. The van der Waals surface area contributed by atoms with Crippen LogP contribution in [0.1, 0.15) is 28.8 Å². The molecule has 1 aliphatic rings. The molecule has 1 N–H and O–H groups in total. The average Bonchev–Trinajstić information content (AvgIpc) is 3.00. The lowest BCUT2D eigenvalue weighted by Gasteiger charge is -2.15. The summed E-state index contributed by atoms with van der Waals surface area (Å²) in [5.74, 6) is 0.231. The number of hydrogen-bond acceptors (Lipinski definition) is 3. The molecular weight excluding hydrogens is 290 g/mol. The summed E-state index contributed by atoms with van der Waals surface area (Å²) in [6, 6.07) is 13.7. The standard InChI is InChI=1S/C19H17NO3/c21-17-10-3-14(4-11-17)5-12-18(22)15-6-8-16(9-7-15)20-13-1-2-19(20)23/h3-12,21H,1-2,13H2/b12-5+. The minimum atomic E-state index is -0.0997. The zero-order valence-electron chi connectivity index (χ0n) is 12.6. The average molecular weight is 307 g/mol. The van der Waals surface area contributed by atoms with Crippen LogP contribution >= 0.6 is 0 Å². The summed E-state index contributed by atoms with van der Waals surface area (Å²) >= 11 is 0. The van der Waals surface area contributed by atoms with E-state index in [2.05, 4.69) is 0 Å². The fraction of sp³-hybridized carbons (Fsp3) is 0.158. The van der Waals surface area contributed by atoms with Crippen LogP contribution in [-0.4, -0.2) is 23.3 Å². The number of nitrogens with zero attached hydrogens (tertiary/aromatic N) is 1. The lowest BCUT2D eigenvalue weighted by molar-refractivity contribution is -0.117. The number of phenols is 1. The van der Waals surface area contributed by atoms with E-state index in [-0.39, 0.29) is 17.4 Å². The van der Waals surface area contributed by atoms with Gasteiger partial charge < -0.3 is 10.0 Å². The predicted octanol–water partition coefficient (Wildman–Crippen LogP) is 3.42. The predicted molar refractivity (Wildman–Crippen MR) is 89.5 cm³/mol. The topological polar surface area (TPSA) is 57.6 Å². The van der Waals surface area contributed by atoms with Crippen LogP contribution in [-0.2, 0) is 4.79 Å². The summed E-state index contributed by atoms with van der Waals surface area (Å²) in [6.07, 6.45) is 4.69. The molecule has 0 bridgehead atoms. The second-order valence-corrected chi connectivity index (χ2v) is 5.48. The van der Waals surface area contributed by atoms with Crippen molar-refractivity contribution < 1.29 is 14.7 Å². The van der Waals surface area contributed by atoms with E-state index in [1.165, 1.54) is 6.08 Å². The van der Waals surface area contributed by atoms with Crippen molar-refractivity contribution in [3.8, 4) is 5.75 Å². The fourth-order valence-electron chi connectivity index (χ4n) is 2.58. The lowest BCUT2D eigenvalue weighted by atomic mass is 10.1. The number of amides is 1. The van der Waals surface area contributed by atoms with Crippen molar-refractivity contribution in [3.63, 3.8) is 0 Å². The molecule has 0 saturated carbocycles. The third-order valence-electron chi connectivity index (χ3n) is 3.86. The Morgan fingerprint density at radius 3 is 2.35 bits per heavy atom. The summed E-state index contributed by atoms with van der Waals surface area (Å²) in [7, 11) is 0. The van der Waals surface area contributed by atoms with Gasteiger partial charge in [-0.25, -0.2) is 0 Å².